The summed E-state index contributed by atoms with van der Waals surface area (Å²) < 4.78 is 20.7. The molecule has 0 saturated heterocycles. The summed E-state index contributed by atoms with van der Waals surface area (Å²) in [6.07, 6.45) is 0. The van der Waals surface area contributed by atoms with Crippen molar-refractivity contribution in [3.8, 4) is 11.4 Å². The van der Waals surface area contributed by atoms with Crippen LogP contribution in [0.4, 0.5) is 10.1 Å². The second-order valence-corrected chi connectivity index (χ2v) is 8.77. The molecule has 0 unspecified atom stereocenters. The molecule has 2 amide bonds. The molecule has 0 spiro atoms. The zero-order valence-corrected chi connectivity index (χ0v) is 20.5. The van der Waals surface area contributed by atoms with Crippen molar-refractivity contribution >= 4 is 29.3 Å². The average molecular weight is 506 g/mol. The van der Waals surface area contributed by atoms with Crippen LogP contribution in [0.15, 0.2) is 78.0 Å². The Hall–Kier alpha value is -4.18. The Labute approximate surface area is 211 Å². The van der Waals surface area contributed by atoms with Gasteiger partial charge in [-0.2, -0.15) is 0 Å². The number of hydrogen-bond donors (Lipinski definition) is 2. The number of benzene rings is 3. The minimum Gasteiger partial charge on any atom is -0.497 e. The van der Waals surface area contributed by atoms with E-state index in [0.29, 0.717) is 33.7 Å². The Morgan fingerprint density at radius 2 is 1.81 bits per heavy atom. The number of amides is 2. The normalized spacial score (nSPS) is 10.6. The summed E-state index contributed by atoms with van der Waals surface area (Å²) in [6, 6.07) is 20.2. The van der Waals surface area contributed by atoms with Crippen molar-refractivity contribution in [2.45, 2.75) is 18.6 Å². The second kappa shape index (κ2) is 11.5. The number of methoxy groups -OCH3 is 1. The minimum atomic E-state index is -0.428. The Balaban J connectivity index is 1.49. The highest BCUT2D eigenvalue weighted by Gasteiger charge is 2.18. The van der Waals surface area contributed by atoms with Gasteiger partial charge in [-0.15, -0.1) is 10.2 Å². The molecule has 184 valence electrons. The van der Waals surface area contributed by atoms with Crippen molar-refractivity contribution in [2.24, 2.45) is 0 Å². The van der Waals surface area contributed by atoms with Gasteiger partial charge in [-0.3, -0.25) is 14.2 Å². The van der Waals surface area contributed by atoms with Gasteiger partial charge in [0.25, 0.3) is 5.91 Å². The molecule has 0 atom stereocenters. The highest BCUT2D eigenvalue weighted by molar-refractivity contribution is 7.99. The fraction of sp³-hybridized carbons (Fsp3) is 0.154. The van der Waals surface area contributed by atoms with E-state index < -0.39 is 5.82 Å². The molecule has 36 heavy (non-hydrogen) atoms. The van der Waals surface area contributed by atoms with Crippen LogP contribution in [0.25, 0.3) is 5.69 Å². The number of anilines is 1. The van der Waals surface area contributed by atoms with Crippen LogP contribution in [0.3, 0.4) is 0 Å². The molecule has 4 rings (SSSR count). The van der Waals surface area contributed by atoms with Gasteiger partial charge in [0.2, 0.25) is 5.91 Å². The smallest absolute Gasteiger partial charge is 0.251 e. The van der Waals surface area contributed by atoms with Crippen molar-refractivity contribution < 1.29 is 18.7 Å². The van der Waals surface area contributed by atoms with E-state index in [1.54, 1.807) is 48.1 Å². The fourth-order valence-electron chi connectivity index (χ4n) is 3.44. The summed E-state index contributed by atoms with van der Waals surface area (Å²) in [5.74, 6) is 0.156. The summed E-state index contributed by atoms with van der Waals surface area (Å²) in [7, 11) is 1.55. The topological polar surface area (TPSA) is 98.1 Å². The van der Waals surface area contributed by atoms with Gasteiger partial charge in [-0.1, -0.05) is 30.0 Å². The zero-order chi connectivity index (χ0) is 25.5. The van der Waals surface area contributed by atoms with Crippen molar-refractivity contribution in [3.63, 3.8) is 0 Å². The van der Waals surface area contributed by atoms with E-state index in [4.69, 9.17) is 4.74 Å². The lowest BCUT2D eigenvalue weighted by Gasteiger charge is -2.11. The third-order valence-corrected chi connectivity index (χ3v) is 6.09. The van der Waals surface area contributed by atoms with Gasteiger partial charge in [0.1, 0.15) is 11.6 Å². The van der Waals surface area contributed by atoms with E-state index in [2.05, 4.69) is 20.8 Å². The SMILES string of the molecule is COc1ccc(C(=O)NCc2nnc(SCC(=O)Nc3cccc(C)c3)n2-c2cccc(F)c2)cc1. The second-order valence-electron chi connectivity index (χ2n) is 7.83. The number of rotatable bonds is 9. The zero-order valence-electron chi connectivity index (χ0n) is 19.7. The first kappa shape index (κ1) is 24.9. The number of aryl methyl sites for hydroxylation is 1. The van der Waals surface area contributed by atoms with Crippen LogP contribution in [-0.4, -0.2) is 39.4 Å². The largest absolute Gasteiger partial charge is 0.497 e. The lowest BCUT2D eigenvalue weighted by atomic mass is 10.2. The summed E-state index contributed by atoms with van der Waals surface area (Å²) in [6.45, 7) is 1.99. The summed E-state index contributed by atoms with van der Waals surface area (Å²) in [5.41, 5.74) is 2.67. The molecule has 0 saturated carbocycles. The van der Waals surface area contributed by atoms with E-state index in [9.17, 15) is 14.0 Å². The molecule has 0 aliphatic carbocycles. The van der Waals surface area contributed by atoms with Gasteiger partial charge >= 0.3 is 0 Å². The quantitative estimate of drug-likeness (QED) is 0.328. The van der Waals surface area contributed by atoms with Crippen molar-refractivity contribution in [1.29, 1.82) is 0 Å². The van der Waals surface area contributed by atoms with Crippen LogP contribution < -0.4 is 15.4 Å². The first-order chi connectivity index (χ1) is 17.4. The van der Waals surface area contributed by atoms with E-state index in [0.717, 1.165) is 17.3 Å². The number of carbonyl (C=O) groups excluding carboxylic acids is 2. The number of aromatic nitrogens is 3. The Bertz CT molecular complexity index is 1370. The van der Waals surface area contributed by atoms with Gasteiger partial charge in [-0.05, 0) is 67.1 Å². The predicted octanol–water partition coefficient (Wildman–Crippen LogP) is 4.38. The molecule has 1 heterocycles. The van der Waals surface area contributed by atoms with Gasteiger partial charge in [0.15, 0.2) is 11.0 Å². The Morgan fingerprint density at radius 3 is 2.53 bits per heavy atom. The molecule has 3 aromatic carbocycles. The first-order valence-electron chi connectivity index (χ1n) is 11.0. The van der Waals surface area contributed by atoms with Gasteiger partial charge in [0, 0.05) is 11.3 Å². The highest BCUT2D eigenvalue weighted by atomic mass is 32.2. The fourth-order valence-corrected chi connectivity index (χ4v) is 4.21. The number of nitrogens with zero attached hydrogens (tertiary/aromatic N) is 3. The summed E-state index contributed by atoms with van der Waals surface area (Å²) in [5, 5.41) is 14.4. The molecule has 0 aliphatic heterocycles. The number of carbonyl (C=O) groups is 2. The van der Waals surface area contributed by atoms with Crippen LogP contribution in [0, 0.1) is 12.7 Å². The Morgan fingerprint density at radius 1 is 1.03 bits per heavy atom. The van der Waals surface area contributed by atoms with Crippen LogP contribution in [0.5, 0.6) is 5.75 Å². The standard InChI is InChI=1S/C26H24FN5O3S/c1-17-5-3-7-20(13-17)29-24(33)16-36-26-31-30-23(32(26)21-8-4-6-19(27)14-21)15-28-25(34)18-9-11-22(35-2)12-10-18/h3-14H,15-16H2,1-2H3,(H,28,34)(H,29,33). The van der Waals surface area contributed by atoms with Crippen LogP contribution in [0.2, 0.25) is 0 Å². The monoisotopic (exact) mass is 505 g/mol. The maximum absolute atomic E-state index is 14.0. The number of ether oxygens (including phenoxy) is 1. The molecule has 0 bridgehead atoms. The number of hydrogen-bond acceptors (Lipinski definition) is 6. The maximum Gasteiger partial charge on any atom is 0.251 e. The average Bonchev–Trinajstić information content (AvgIpc) is 3.29. The molecule has 1 aromatic heterocycles. The molecule has 2 N–H and O–H groups in total. The Kier molecular flexibility index (Phi) is 7.96. The third-order valence-electron chi connectivity index (χ3n) is 5.16. The molecular formula is C26H24FN5O3S. The van der Waals surface area contributed by atoms with E-state index in [1.165, 1.54) is 12.1 Å². The molecule has 4 aromatic rings. The van der Waals surface area contributed by atoms with Gasteiger partial charge in [0.05, 0.1) is 25.1 Å². The van der Waals surface area contributed by atoms with E-state index >= 15 is 0 Å². The van der Waals surface area contributed by atoms with Gasteiger partial charge in [-0.25, -0.2) is 4.39 Å². The van der Waals surface area contributed by atoms with Crippen LogP contribution in [-0.2, 0) is 11.3 Å². The molecule has 0 fully saturated rings. The van der Waals surface area contributed by atoms with Crippen LogP contribution in [0.1, 0.15) is 21.7 Å². The van der Waals surface area contributed by atoms with Gasteiger partial charge < -0.3 is 15.4 Å². The van der Waals surface area contributed by atoms with Crippen molar-refractivity contribution in [3.05, 3.63) is 95.6 Å². The maximum atomic E-state index is 14.0. The van der Waals surface area contributed by atoms with Crippen LogP contribution >= 0.6 is 11.8 Å². The number of halogens is 1. The number of thioether (sulfide) groups is 1. The molecule has 8 nitrogen and oxygen atoms in total. The van der Waals surface area contributed by atoms with E-state index in [-0.39, 0.29) is 24.1 Å². The summed E-state index contributed by atoms with van der Waals surface area (Å²) in [4.78, 5) is 25.1. The lowest BCUT2D eigenvalue weighted by molar-refractivity contribution is -0.113. The molecule has 10 heteroatoms. The number of nitrogens with one attached hydrogen (secondary N) is 2. The van der Waals surface area contributed by atoms with Crippen molar-refractivity contribution in [1.82, 2.24) is 20.1 Å². The molecule has 0 radical (unpaired) electrons. The third kappa shape index (κ3) is 6.28. The summed E-state index contributed by atoms with van der Waals surface area (Å²) >= 11 is 1.16. The predicted molar refractivity (Wildman–Crippen MR) is 136 cm³/mol. The molecular weight excluding hydrogens is 481 g/mol. The van der Waals surface area contributed by atoms with Crippen molar-refractivity contribution in [2.75, 3.05) is 18.2 Å². The minimum absolute atomic E-state index is 0.0461. The molecule has 0 aliphatic rings. The first-order valence-corrected chi connectivity index (χ1v) is 12.0. The lowest BCUT2D eigenvalue weighted by Crippen LogP contribution is -2.24. The highest BCUT2D eigenvalue weighted by Crippen LogP contribution is 2.23. The van der Waals surface area contributed by atoms with E-state index in [1.807, 2.05) is 31.2 Å².